The van der Waals surface area contributed by atoms with Crippen LogP contribution in [0.15, 0.2) is 6.20 Å². The van der Waals surface area contributed by atoms with Crippen molar-refractivity contribution in [3.05, 3.63) is 17.5 Å². The van der Waals surface area contributed by atoms with Crippen LogP contribution in [0.1, 0.15) is 50.4 Å². The standard InChI is InChI=1S/C12H23N3/c1-5-6-9(2)7-12(13)11-8-15(4)14-10(11)3/h8-9,12H,5-7,13H2,1-4H3. The Morgan fingerprint density at radius 2 is 2.20 bits per heavy atom. The van der Waals surface area contributed by atoms with Crippen molar-refractivity contribution in [2.75, 3.05) is 0 Å². The van der Waals surface area contributed by atoms with E-state index in [1.807, 2.05) is 24.9 Å². The summed E-state index contributed by atoms with van der Waals surface area (Å²) >= 11 is 0. The molecule has 0 aromatic carbocycles. The molecule has 0 saturated heterocycles. The van der Waals surface area contributed by atoms with E-state index in [4.69, 9.17) is 5.73 Å². The molecule has 2 N–H and O–H groups in total. The summed E-state index contributed by atoms with van der Waals surface area (Å²) in [6, 6.07) is 0.139. The van der Waals surface area contributed by atoms with Crippen molar-refractivity contribution in [1.29, 1.82) is 0 Å². The Hall–Kier alpha value is -0.830. The van der Waals surface area contributed by atoms with Crippen molar-refractivity contribution >= 4 is 0 Å². The van der Waals surface area contributed by atoms with Gasteiger partial charge in [-0.05, 0) is 19.3 Å². The first-order chi connectivity index (χ1) is 7.04. The Morgan fingerprint density at radius 1 is 1.53 bits per heavy atom. The maximum Gasteiger partial charge on any atom is 0.0641 e. The van der Waals surface area contributed by atoms with E-state index >= 15 is 0 Å². The maximum absolute atomic E-state index is 6.19. The molecule has 15 heavy (non-hydrogen) atoms. The molecule has 3 heteroatoms. The highest BCUT2D eigenvalue weighted by atomic mass is 15.2. The summed E-state index contributed by atoms with van der Waals surface area (Å²) in [6.07, 6.45) is 5.59. The molecule has 1 heterocycles. The van der Waals surface area contributed by atoms with E-state index in [0.29, 0.717) is 5.92 Å². The third-order valence-corrected chi connectivity index (χ3v) is 2.89. The lowest BCUT2D eigenvalue weighted by molar-refractivity contribution is 0.439. The second-order valence-corrected chi connectivity index (χ2v) is 4.58. The van der Waals surface area contributed by atoms with Crippen molar-refractivity contribution < 1.29 is 0 Å². The fourth-order valence-electron chi connectivity index (χ4n) is 2.15. The van der Waals surface area contributed by atoms with E-state index in [-0.39, 0.29) is 6.04 Å². The third-order valence-electron chi connectivity index (χ3n) is 2.89. The minimum absolute atomic E-state index is 0.139. The molecule has 0 aliphatic carbocycles. The number of hydrogen-bond donors (Lipinski definition) is 1. The monoisotopic (exact) mass is 209 g/mol. The number of hydrogen-bond acceptors (Lipinski definition) is 2. The fourth-order valence-corrected chi connectivity index (χ4v) is 2.15. The Balaban J connectivity index is 2.60. The van der Waals surface area contributed by atoms with E-state index in [0.717, 1.165) is 12.1 Å². The summed E-state index contributed by atoms with van der Waals surface area (Å²) in [5, 5.41) is 4.32. The van der Waals surface area contributed by atoms with Gasteiger partial charge in [-0.1, -0.05) is 26.7 Å². The number of aromatic nitrogens is 2. The summed E-state index contributed by atoms with van der Waals surface area (Å²) in [5.74, 6) is 0.699. The van der Waals surface area contributed by atoms with Crippen molar-refractivity contribution in [1.82, 2.24) is 9.78 Å². The lowest BCUT2D eigenvalue weighted by Gasteiger charge is -2.16. The highest BCUT2D eigenvalue weighted by Crippen LogP contribution is 2.23. The number of aryl methyl sites for hydroxylation is 2. The van der Waals surface area contributed by atoms with Gasteiger partial charge in [-0.3, -0.25) is 4.68 Å². The predicted molar refractivity (Wildman–Crippen MR) is 63.6 cm³/mol. The Labute approximate surface area is 92.7 Å². The van der Waals surface area contributed by atoms with Gasteiger partial charge in [0.2, 0.25) is 0 Å². The van der Waals surface area contributed by atoms with Gasteiger partial charge < -0.3 is 5.73 Å². The van der Waals surface area contributed by atoms with E-state index < -0.39 is 0 Å². The average molecular weight is 209 g/mol. The highest BCUT2D eigenvalue weighted by molar-refractivity contribution is 5.19. The van der Waals surface area contributed by atoms with Crippen LogP contribution in [-0.2, 0) is 7.05 Å². The molecular formula is C12H23N3. The van der Waals surface area contributed by atoms with Gasteiger partial charge in [-0.25, -0.2) is 0 Å². The van der Waals surface area contributed by atoms with Crippen LogP contribution in [0.25, 0.3) is 0 Å². The number of nitrogens with two attached hydrogens (primary N) is 1. The molecule has 0 amide bonds. The normalized spacial score (nSPS) is 15.3. The summed E-state index contributed by atoms with van der Waals surface area (Å²) < 4.78 is 1.84. The molecular weight excluding hydrogens is 186 g/mol. The van der Waals surface area contributed by atoms with Gasteiger partial charge in [0.1, 0.15) is 0 Å². The molecule has 1 aromatic heterocycles. The van der Waals surface area contributed by atoms with Gasteiger partial charge in [-0.15, -0.1) is 0 Å². The van der Waals surface area contributed by atoms with Crippen LogP contribution in [-0.4, -0.2) is 9.78 Å². The first kappa shape index (κ1) is 12.2. The van der Waals surface area contributed by atoms with Crippen LogP contribution >= 0.6 is 0 Å². The van der Waals surface area contributed by atoms with Gasteiger partial charge in [0, 0.05) is 24.8 Å². The van der Waals surface area contributed by atoms with Crippen molar-refractivity contribution in [3.8, 4) is 0 Å². The molecule has 86 valence electrons. The van der Waals surface area contributed by atoms with Crippen LogP contribution in [0.4, 0.5) is 0 Å². The fraction of sp³-hybridized carbons (Fsp3) is 0.750. The van der Waals surface area contributed by atoms with Gasteiger partial charge in [-0.2, -0.15) is 5.10 Å². The summed E-state index contributed by atoms with van der Waals surface area (Å²) in [7, 11) is 1.94. The Bertz CT molecular complexity index is 304. The highest BCUT2D eigenvalue weighted by Gasteiger charge is 2.14. The van der Waals surface area contributed by atoms with Crippen LogP contribution in [0.2, 0.25) is 0 Å². The summed E-state index contributed by atoms with van der Waals surface area (Å²) in [4.78, 5) is 0. The van der Waals surface area contributed by atoms with E-state index in [9.17, 15) is 0 Å². The van der Waals surface area contributed by atoms with Gasteiger partial charge in [0.15, 0.2) is 0 Å². The Morgan fingerprint density at radius 3 is 2.67 bits per heavy atom. The molecule has 0 radical (unpaired) electrons. The van der Waals surface area contributed by atoms with E-state index in [1.54, 1.807) is 0 Å². The smallest absolute Gasteiger partial charge is 0.0641 e. The summed E-state index contributed by atoms with van der Waals surface area (Å²) in [6.45, 7) is 6.52. The largest absolute Gasteiger partial charge is 0.324 e. The first-order valence-electron chi connectivity index (χ1n) is 5.80. The van der Waals surface area contributed by atoms with Gasteiger partial charge in [0.05, 0.1) is 5.69 Å². The molecule has 0 spiro atoms. The average Bonchev–Trinajstić information content (AvgIpc) is 2.45. The van der Waals surface area contributed by atoms with Crippen LogP contribution in [0, 0.1) is 12.8 Å². The SMILES string of the molecule is CCCC(C)CC(N)c1cn(C)nc1C. The zero-order valence-corrected chi connectivity index (χ0v) is 10.3. The van der Waals surface area contributed by atoms with Crippen LogP contribution in [0.3, 0.4) is 0 Å². The van der Waals surface area contributed by atoms with Crippen LogP contribution in [0.5, 0.6) is 0 Å². The quantitative estimate of drug-likeness (QED) is 0.810. The van der Waals surface area contributed by atoms with E-state index in [1.165, 1.54) is 18.4 Å². The van der Waals surface area contributed by atoms with E-state index in [2.05, 4.69) is 18.9 Å². The molecule has 0 saturated carbocycles. The minimum atomic E-state index is 0.139. The van der Waals surface area contributed by atoms with Crippen molar-refractivity contribution in [3.63, 3.8) is 0 Å². The predicted octanol–water partition coefficient (Wildman–Crippen LogP) is 2.55. The maximum atomic E-state index is 6.19. The first-order valence-corrected chi connectivity index (χ1v) is 5.80. The molecule has 0 aliphatic rings. The molecule has 2 unspecified atom stereocenters. The molecule has 0 fully saturated rings. The van der Waals surface area contributed by atoms with Crippen LogP contribution < -0.4 is 5.73 Å². The second kappa shape index (κ2) is 5.31. The molecule has 3 nitrogen and oxygen atoms in total. The number of nitrogens with zero attached hydrogens (tertiary/aromatic N) is 2. The molecule has 1 aromatic rings. The third kappa shape index (κ3) is 3.34. The van der Waals surface area contributed by atoms with Crippen molar-refractivity contribution in [2.24, 2.45) is 18.7 Å². The second-order valence-electron chi connectivity index (χ2n) is 4.58. The van der Waals surface area contributed by atoms with Gasteiger partial charge >= 0.3 is 0 Å². The summed E-state index contributed by atoms with van der Waals surface area (Å²) in [5.41, 5.74) is 8.45. The lowest BCUT2D eigenvalue weighted by Crippen LogP contribution is -2.14. The molecule has 0 bridgehead atoms. The minimum Gasteiger partial charge on any atom is -0.324 e. The zero-order valence-electron chi connectivity index (χ0n) is 10.3. The number of rotatable bonds is 5. The Kier molecular flexibility index (Phi) is 4.33. The molecule has 1 rings (SSSR count). The van der Waals surface area contributed by atoms with Crippen molar-refractivity contribution in [2.45, 2.75) is 46.1 Å². The molecule has 0 aliphatic heterocycles. The molecule has 2 atom stereocenters. The zero-order chi connectivity index (χ0) is 11.4. The van der Waals surface area contributed by atoms with Gasteiger partial charge in [0.25, 0.3) is 0 Å². The lowest BCUT2D eigenvalue weighted by atomic mass is 9.94. The topological polar surface area (TPSA) is 43.8 Å².